The van der Waals surface area contributed by atoms with E-state index in [9.17, 15) is 4.79 Å². The largest absolute Gasteiger partial charge is 0.343 e. The van der Waals surface area contributed by atoms with Gasteiger partial charge in [-0.2, -0.15) is 0 Å². The van der Waals surface area contributed by atoms with E-state index >= 15 is 0 Å². The third kappa shape index (κ3) is 5.08. The van der Waals surface area contributed by atoms with E-state index in [1.165, 1.54) is 17.7 Å². The average molecular weight is 309 g/mol. The summed E-state index contributed by atoms with van der Waals surface area (Å²) in [6.07, 6.45) is 5.43. The summed E-state index contributed by atoms with van der Waals surface area (Å²) in [7, 11) is 0. The van der Waals surface area contributed by atoms with Crippen LogP contribution in [-0.2, 0) is 11.3 Å². The summed E-state index contributed by atoms with van der Waals surface area (Å²) >= 11 is 1.74. The second-order valence-corrected chi connectivity index (χ2v) is 7.32. The molecule has 1 fully saturated rings. The zero-order valence-corrected chi connectivity index (χ0v) is 14.3. The van der Waals surface area contributed by atoms with E-state index in [4.69, 9.17) is 0 Å². The van der Waals surface area contributed by atoms with Crippen LogP contribution in [0.2, 0.25) is 0 Å². The molecule has 1 aliphatic rings. The Hall–Kier alpha value is -0.940. The van der Waals surface area contributed by atoms with Gasteiger partial charge in [0.05, 0.1) is 5.69 Å². The van der Waals surface area contributed by atoms with Gasteiger partial charge in [0.25, 0.3) is 0 Å². The molecule has 0 aliphatic carbocycles. The zero-order chi connectivity index (χ0) is 15.2. The fourth-order valence-electron chi connectivity index (χ4n) is 2.66. The number of aryl methyl sites for hydroxylation is 2. The smallest absolute Gasteiger partial charge is 0.224 e. The van der Waals surface area contributed by atoms with Crippen molar-refractivity contribution in [3.8, 4) is 0 Å². The Morgan fingerprint density at radius 1 is 1.29 bits per heavy atom. The molecule has 1 saturated heterocycles. The highest BCUT2D eigenvalue weighted by Gasteiger charge is 2.18. The van der Waals surface area contributed by atoms with Crippen LogP contribution in [0.25, 0.3) is 0 Å². The van der Waals surface area contributed by atoms with Crippen LogP contribution in [0.5, 0.6) is 0 Å². The average Bonchev–Trinajstić information content (AvgIpc) is 2.68. The molecular weight excluding hydrogens is 282 g/mol. The lowest BCUT2D eigenvalue weighted by Gasteiger charge is -2.22. The minimum absolute atomic E-state index is 0.199. The number of rotatable bonds is 5. The molecule has 1 aliphatic heterocycles. The highest BCUT2D eigenvalue weighted by molar-refractivity contribution is 7.11. The van der Waals surface area contributed by atoms with Crippen molar-refractivity contribution in [3.05, 3.63) is 15.6 Å². The third-order valence-corrected chi connectivity index (χ3v) is 5.19. The van der Waals surface area contributed by atoms with Gasteiger partial charge in [-0.15, -0.1) is 11.3 Å². The molecule has 0 aromatic carbocycles. The maximum Gasteiger partial charge on any atom is 0.224 e. The van der Waals surface area contributed by atoms with Crippen LogP contribution in [0.1, 0.15) is 54.6 Å². The van der Waals surface area contributed by atoms with E-state index in [1.54, 1.807) is 11.3 Å². The van der Waals surface area contributed by atoms with E-state index in [0.717, 1.165) is 43.2 Å². The molecule has 4 nitrogen and oxygen atoms in total. The van der Waals surface area contributed by atoms with Crippen molar-refractivity contribution in [1.82, 2.24) is 15.2 Å². The van der Waals surface area contributed by atoms with Crippen LogP contribution in [0, 0.1) is 13.8 Å². The summed E-state index contributed by atoms with van der Waals surface area (Å²) in [5, 5.41) is 4.54. The summed E-state index contributed by atoms with van der Waals surface area (Å²) in [5.74, 6) is 0.295. The molecule has 0 radical (unpaired) electrons. The Bertz CT molecular complexity index is 445. The number of amides is 1. The van der Waals surface area contributed by atoms with Gasteiger partial charge < -0.3 is 10.2 Å². The maximum absolute atomic E-state index is 12.3. The Labute approximate surface area is 132 Å². The predicted molar refractivity (Wildman–Crippen MR) is 87.6 cm³/mol. The van der Waals surface area contributed by atoms with Crippen molar-refractivity contribution in [2.45, 2.75) is 65.5 Å². The molecule has 1 atom stereocenters. The van der Waals surface area contributed by atoms with E-state index in [-0.39, 0.29) is 6.04 Å². The molecule has 1 aromatic rings. The number of likely N-dealkylation sites (tertiary alicyclic amines) is 1. The number of hydrogen-bond acceptors (Lipinski definition) is 4. The fraction of sp³-hybridized carbons (Fsp3) is 0.750. The number of carbonyl (C=O) groups excluding carboxylic acids is 1. The molecule has 2 heterocycles. The molecule has 1 amide bonds. The normalized spacial score (nSPS) is 17.6. The molecule has 0 bridgehead atoms. The first-order valence-corrected chi connectivity index (χ1v) is 8.82. The molecular formula is C16H27N3OS. The maximum atomic E-state index is 12.3. The van der Waals surface area contributed by atoms with E-state index in [0.29, 0.717) is 12.3 Å². The monoisotopic (exact) mass is 309 g/mol. The Morgan fingerprint density at radius 2 is 1.95 bits per heavy atom. The summed E-state index contributed by atoms with van der Waals surface area (Å²) in [6, 6.07) is 0.199. The Morgan fingerprint density at radius 3 is 2.52 bits per heavy atom. The van der Waals surface area contributed by atoms with E-state index in [1.807, 2.05) is 11.8 Å². The van der Waals surface area contributed by atoms with Crippen LogP contribution in [0.4, 0.5) is 0 Å². The topological polar surface area (TPSA) is 45.2 Å². The summed E-state index contributed by atoms with van der Waals surface area (Å²) in [5.41, 5.74) is 1.12. The standard InChI is InChI=1S/C16H27N3OS/c1-12(17-11-15-18-13(2)14(3)21-15)10-16(20)19-8-6-4-5-7-9-19/h12,17H,4-11H2,1-3H3/t12-/m1/s1. The number of nitrogens with one attached hydrogen (secondary N) is 1. The van der Waals surface area contributed by atoms with Crippen molar-refractivity contribution in [3.63, 3.8) is 0 Å². The van der Waals surface area contributed by atoms with Crippen LogP contribution in [0.15, 0.2) is 0 Å². The molecule has 2 rings (SSSR count). The van der Waals surface area contributed by atoms with E-state index < -0.39 is 0 Å². The minimum atomic E-state index is 0.199. The number of thiazole rings is 1. The number of carbonyl (C=O) groups is 1. The SMILES string of the molecule is Cc1nc(CN[C@H](C)CC(=O)N2CCCCCC2)sc1C. The number of aromatic nitrogens is 1. The van der Waals surface area contributed by atoms with Gasteiger partial charge >= 0.3 is 0 Å². The Kier molecular flexibility index (Phi) is 6.18. The predicted octanol–water partition coefficient (Wildman–Crippen LogP) is 3.03. The van der Waals surface area contributed by atoms with Gasteiger partial charge in [0.1, 0.15) is 5.01 Å². The highest BCUT2D eigenvalue weighted by atomic mass is 32.1. The molecule has 21 heavy (non-hydrogen) atoms. The first-order valence-electron chi connectivity index (χ1n) is 8.00. The second kappa shape index (κ2) is 7.90. The van der Waals surface area contributed by atoms with Gasteiger partial charge in [-0.1, -0.05) is 12.8 Å². The van der Waals surface area contributed by atoms with Crippen LogP contribution in [-0.4, -0.2) is 34.9 Å². The molecule has 118 valence electrons. The van der Waals surface area contributed by atoms with Gasteiger partial charge in [-0.25, -0.2) is 4.98 Å². The Balaban J connectivity index is 1.75. The van der Waals surface area contributed by atoms with Gasteiger partial charge in [-0.05, 0) is 33.6 Å². The van der Waals surface area contributed by atoms with Crippen molar-refractivity contribution in [1.29, 1.82) is 0 Å². The first-order chi connectivity index (χ1) is 10.1. The van der Waals surface area contributed by atoms with Crippen molar-refractivity contribution < 1.29 is 4.79 Å². The molecule has 5 heteroatoms. The summed E-state index contributed by atoms with van der Waals surface area (Å²) < 4.78 is 0. The molecule has 0 unspecified atom stereocenters. The fourth-order valence-corrected chi connectivity index (χ4v) is 3.54. The summed E-state index contributed by atoms with van der Waals surface area (Å²) in [4.78, 5) is 20.2. The number of nitrogens with zero attached hydrogens (tertiary/aromatic N) is 2. The van der Waals surface area contributed by atoms with Gasteiger partial charge in [0.15, 0.2) is 0 Å². The third-order valence-electron chi connectivity index (χ3n) is 4.11. The second-order valence-electron chi connectivity index (χ2n) is 6.03. The lowest BCUT2D eigenvalue weighted by atomic mass is 10.2. The van der Waals surface area contributed by atoms with Gasteiger partial charge in [-0.3, -0.25) is 4.79 Å². The van der Waals surface area contributed by atoms with Crippen molar-refractivity contribution in [2.75, 3.05) is 13.1 Å². The quantitative estimate of drug-likeness (QED) is 0.909. The van der Waals surface area contributed by atoms with Gasteiger partial charge in [0, 0.05) is 37.0 Å². The molecule has 0 spiro atoms. The lowest BCUT2D eigenvalue weighted by Crippen LogP contribution is -2.37. The van der Waals surface area contributed by atoms with Crippen molar-refractivity contribution in [2.24, 2.45) is 0 Å². The van der Waals surface area contributed by atoms with Crippen LogP contribution < -0.4 is 5.32 Å². The summed E-state index contributed by atoms with van der Waals surface area (Å²) in [6.45, 7) is 8.87. The van der Waals surface area contributed by atoms with Crippen LogP contribution in [0.3, 0.4) is 0 Å². The highest BCUT2D eigenvalue weighted by Crippen LogP contribution is 2.16. The van der Waals surface area contributed by atoms with E-state index in [2.05, 4.69) is 24.1 Å². The first kappa shape index (κ1) is 16.4. The lowest BCUT2D eigenvalue weighted by molar-refractivity contribution is -0.131. The zero-order valence-electron chi connectivity index (χ0n) is 13.4. The minimum Gasteiger partial charge on any atom is -0.343 e. The van der Waals surface area contributed by atoms with Crippen molar-refractivity contribution >= 4 is 17.2 Å². The van der Waals surface area contributed by atoms with Gasteiger partial charge in [0.2, 0.25) is 5.91 Å². The molecule has 0 saturated carbocycles. The molecule has 1 N–H and O–H groups in total. The molecule has 1 aromatic heterocycles. The van der Waals surface area contributed by atoms with Crippen LogP contribution >= 0.6 is 11.3 Å². The number of hydrogen-bond donors (Lipinski definition) is 1.